The lowest BCUT2D eigenvalue weighted by molar-refractivity contribution is -0.734. The Bertz CT molecular complexity index is 1080. The monoisotopic (exact) mass is 358 g/mol. The van der Waals surface area contributed by atoms with Gasteiger partial charge in [-0.05, 0) is 63.6 Å². The van der Waals surface area contributed by atoms with Crippen LogP contribution < -0.4 is 9.53 Å². The van der Waals surface area contributed by atoms with Crippen LogP contribution in [0, 0.1) is 4.91 Å². The minimum atomic E-state index is 0.353. The number of aromatic nitrogens is 4. The molecular weight excluding hydrogens is 342 g/mol. The molecule has 0 aliphatic rings. The molecule has 0 aliphatic carbocycles. The molecule has 0 bridgehead atoms. The molecule has 0 amide bonds. The molecule has 7 nitrogen and oxygen atoms in total. The van der Waals surface area contributed by atoms with Crippen LogP contribution in [0.1, 0.15) is 0 Å². The average molecular weight is 358 g/mol. The van der Waals surface area contributed by atoms with Gasteiger partial charge in [-0.15, -0.1) is 4.91 Å². The topological polar surface area (TPSA) is 73.2 Å². The highest BCUT2D eigenvalue weighted by molar-refractivity contribution is 5.53. The van der Waals surface area contributed by atoms with Gasteiger partial charge in [0, 0.05) is 4.80 Å². The number of hydrogen-bond acceptors (Lipinski definition) is 5. The van der Waals surface area contributed by atoms with Crippen LogP contribution in [0.25, 0.3) is 22.8 Å². The van der Waals surface area contributed by atoms with Gasteiger partial charge in [0.15, 0.2) is 5.75 Å². The highest BCUT2D eigenvalue weighted by Gasteiger charge is 2.25. The van der Waals surface area contributed by atoms with E-state index in [1.165, 1.54) is 0 Å². The summed E-state index contributed by atoms with van der Waals surface area (Å²) >= 11 is 0. The van der Waals surface area contributed by atoms with E-state index in [2.05, 4.69) is 15.4 Å². The zero-order chi connectivity index (χ0) is 18.6. The predicted molar refractivity (Wildman–Crippen MR) is 100 cm³/mol. The minimum Gasteiger partial charge on any atom is -0.492 e. The normalized spacial score (nSPS) is 10.6. The van der Waals surface area contributed by atoms with Crippen LogP contribution in [0.3, 0.4) is 0 Å². The number of methoxy groups -OCH3 is 1. The van der Waals surface area contributed by atoms with E-state index < -0.39 is 0 Å². The van der Waals surface area contributed by atoms with Gasteiger partial charge in [-0.2, -0.15) is 0 Å². The van der Waals surface area contributed by atoms with E-state index in [1.54, 1.807) is 41.0 Å². The smallest absolute Gasteiger partial charge is 0.340 e. The van der Waals surface area contributed by atoms with Crippen molar-refractivity contribution in [3.63, 3.8) is 0 Å². The molecule has 0 atom stereocenters. The standard InChI is InChI=1S/C20H16N5O2/c1-27-19-10-6-5-9-18(19)25-22-20(15-7-3-2-4-8-15)21-24(25)17-13-11-16(23-26)12-14-17/h2-14H,1H3/q+1. The molecule has 0 unspecified atom stereocenters. The number of benzene rings is 3. The number of nitrogens with zero attached hydrogens (tertiary/aromatic N) is 5. The molecule has 1 aromatic heterocycles. The Kier molecular flexibility index (Phi) is 4.40. The largest absolute Gasteiger partial charge is 0.492 e. The second-order valence-electron chi connectivity index (χ2n) is 5.75. The van der Waals surface area contributed by atoms with Gasteiger partial charge in [-0.25, -0.2) is 0 Å². The second kappa shape index (κ2) is 7.17. The first-order chi connectivity index (χ1) is 13.3. The van der Waals surface area contributed by atoms with Gasteiger partial charge in [-0.3, -0.25) is 0 Å². The third-order valence-electron chi connectivity index (χ3n) is 4.08. The molecule has 1 heterocycles. The highest BCUT2D eigenvalue weighted by Crippen LogP contribution is 2.20. The van der Waals surface area contributed by atoms with Crippen LogP contribution in [0.4, 0.5) is 5.69 Å². The maximum Gasteiger partial charge on any atom is 0.340 e. The van der Waals surface area contributed by atoms with Crippen molar-refractivity contribution >= 4 is 5.69 Å². The number of nitroso groups, excluding NO2 is 1. The van der Waals surface area contributed by atoms with Crippen molar-refractivity contribution in [3.8, 4) is 28.5 Å². The van der Waals surface area contributed by atoms with Crippen molar-refractivity contribution in [2.24, 2.45) is 5.18 Å². The predicted octanol–water partition coefficient (Wildman–Crippen LogP) is 3.62. The van der Waals surface area contributed by atoms with Gasteiger partial charge in [0.25, 0.3) is 0 Å². The Balaban J connectivity index is 1.92. The molecule has 4 rings (SSSR count). The lowest BCUT2D eigenvalue weighted by atomic mass is 10.2. The average Bonchev–Trinajstić information content (AvgIpc) is 3.19. The Morgan fingerprint density at radius 3 is 2.33 bits per heavy atom. The summed E-state index contributed by atoms with van der Waals surface area (Å²) in [6, 6.07) is 24.1. The second-order valence-corrected chi connectivity index (χ2v) is 5.75. The lowest BCUT2D eigenvalue weighted by Crippen LogP contribution is -2.43. The van der Waals surface area contributed by atoms with Crippen LogP contribution in [0.15, 0.2) is 84.0 Å². The van der Waals surface area contributed by atoms with Crippen LogP contribution in [-0.4, -0.2) is 22.1 Å². The summed E-state index contributed by atoms with van der Waals surface area (Å²) in [4.78, 5) is 14.0. The lowest BCUT2D eigenvalue weighted by Gasteiger charge is -2.04. The van der Waals surface area contributed by atoms with Gasteiger partial charge < -0.3 is 4.74 Å². The molecule has 0 saturated carbocycles. The van der Waals surface area contributed by atoms with Crippen LogP contribution in [0.2, 0.25) is 0 Å². The summed E-state index contributed by atoms with van der Waals surface area (Å²) in [5.74, 6) is 1.24. The van der Waals surface area contributed by atoms with Gasteiger partial charge in [0.2, 0.25) is 5.69 Å². The number of rotatable bonds is 5. The summed E-state index contributed by atoms with van der Waals surface area (Å²) in [6.45, 7) is 0. The van der Waals surface area contributed by atoms with Crippen LogP contribution in [-0.2, 0) is 0 Å². The Labute approximate surface area is 155 Å². The zero-order valence-corrected chi connectivity index (χ0v) is 14.6. The molecule has 7 heteroatoms. The van der Waals surface area contributed by atoms with Gasteiger partial charge in [-0.1, -0.05) is 30.3 Å². The zero-order valence-electron chi connectivity index (χ0n) is 14.6. The third kappa shape index (κ3) is 3.18. The fourth-order valence-corrected chi connectivity index (χ4v) is 2.75. The number of para-hydroxylation sites is 2. The van der Waals surface area contributed by atoms with Crippen LogP contribution in [0.5, 0.6) is 5.75 Å². The van der Waals surface area contributed by atoms with Crippen molar-refractivity contribution in [3.05, 3.63) is 83.8 Å². The van der Waals surface area contributed by atoms with E-state index in [0.29, 0.717) is 17.3 Å². The van der Waals surface area contributed by atoms with E-state index >= 15 is 0 Å². The van der Waals surface area contributed by atoms with Crippen molar-refractivity contribution in [1.29, 1.82) is 0 Å². The quantitative estimate of drug-likeness (QED) is 0.403. The number of hydrogen-bond donors (Lipinski definition) is 0. The SMILES string of the molecule is COc1ccccc1-[n+]1nc(-c2ccccc2)nn1-c1ccc(N=O)cc1. The van der Waals surface area contributed by atoms with Crippen LogP contribution >= 0.6 is 0 Å². The third-order valence-corrected chi connectivity index (χ3v) is 4.08. The first kappa shape index (κ1) is 16.6. The van der Waals surface area contributed by atoms with Crippen molar-refractivity contribution in [2.45, 2.75) is 0 Å². The maximum atomic E-state index is 10.7. The van der Waals surface area contributed by atoms with Gasteiger partial charge in [0.05, 0.1) is 17.8 Å². The molecule has 4 aromatic rings. The van der Waals surface area contributed by atoms with Gasteiger partial charge in [0.1, 0.15) is 11.4 Å². The Morgan fingerprint density at radius 2 is 1.63 bits per heavy atom. The summed E-state index contributed by atoms with van der Waals surface area (Å²) in [5.41, 5.74) is 2.73. The molecule has 27 heavy (non-hydrogen) atoms. The first-order valence-corrected chi connectivity index (χ1v) is 8.32. The fraction of sp³-hybridized carbons (Fsp3) is 0.0500. The molecule has 0 spiro atoms. The molecule has 0 saturated heterocycles. The molecule has 132 valence electrons. The van der Waals surface area contributed by atoms with Crippen molar-refractivity contribution < 1.29 is 9.53 Å². The fourth-order valence-electron chi connectivity index (χ4n) is 2.75. The summed E-state index contributed by atoms with van der Waals surface area (Å²) in [7, 11) is 1.61. The Hall–Kier alpha value is -3.87. The van der Waals surface area contributed by atoms with E-state index in [0.717, 1.165) is 16.9 Å². The summed E-state index contributed by atoms with van der Waals surface area (Å²) < 4.78 is 5.48. The van der Waals surface area contributed by atoms with Gasteiger partial charge >= 0.3 is 5.82 Å². The van der Waals surface area contributed by atoms with E-state index in [4.69, 9.17) is 4.74 Å². The van der Waals surface area contributed by atoms with E-state index in [1.807, 2.05) is 54.6 Å². The Morgan fingerprint density at radius 1 is 0.926 bits per heavy atom. The molecule has 3 aromatic carbocycles. The molecular formula is C20H16N5O2+. The summed E-state index contributed by atoms with van der Waals surface area (Å²) in [5, 5.41) is 12.3. The minimum absolute atomic E-state index is 0.353. The van der Waals surface area contributed by atoms with Crippen molar-refractivity contribution in [2.75, 3.05) is 7.11 Å². The molecule has 0 N–H and O–H groups in total. The maximum absolute atomic E-state index is 10.7. The molecule has 0 radical (unpaired) electrons. The molecule has 0 fully saturated rings. The summed E-state index contributed by atoms with van der Waals surface area (Å²) in [6.07, 6.45) is 0. The number of ether oxygens (including phenoxy) is 1. The van der Waals surface area contributed by atoms with Crippen molar-refractivity contribution in [1.82, 2.24) is 15.0 Å². The first-order valence-electron chi connectivity index (χ1n) is 8.32. The number of tetrazole rings is 1. The molecule has 0 aliphatic heterocycles. The highest BCUT2D eigenvalue weighted by atomic mass is 16.5. The van der Waals surface area contributed by atoms with E-state index in [-0.39, 0.29) is 0 Å². The van der Waals surface area contributed by atoms with E-state index in [9.17, 15) is 4.91 Å².